The first-order valence-electron chi connectivity index (χ1n) is 5.81. The van der Waals surface area contributed by atoms with Gasteiger partial charge in [-0.3, -0.25) is 4.90 Å². The largest absolute Gasteiger partial charge is 0.394 e. The molecule has 0 bridgehead atoms. The van der Waals surface area contributed by atoms with Gasteiger partial charge in [-0.1, -0.05) is 13.3 Å². The number of piperidine rings is 1. The molecule has 1 N–H and O–H groups in total. The van der Waals surface area contributed by atoms with Crippen LogP contribution in [0.15, 0.2) is 0 Å². The molecular formula is C11H23NO2. The van der Waals surface area contributed by atoms with Crippen molar-refractivity contribution in [3.63, 3.8) is 0 Å². The molecule has 3 nitrogen and oxygen atoms in total. The molecule has 1 fully saturated rings. The highest BCUT2D eigenvalue weighted by molar-refractivity contribution is 4.75. The number of likely N-dealkylation sites (tertiary alicyclic amines) is 1. The number of aliphatic hydroxyl groups is 1. The summed E-state index contributed by atoms with van der Waals surface area (Å²) in [6.07, 6.45) is 5.31. The molecule has 0 saturated carbocycles. The minimum Gasteiger partial charge on any atom is -0.394 e. The van der Waals surface area contributed by atoms with Crippen LogP contribution in [0, 0.1) is 0 Å². The average molecular weight is 201 g/mol. The smallest absolute Gasteiger partial charge is 0.0698 e. The van der Waals surface area contributed by atoms with Crippen LogP contribution >= 0.6 is 0 Å². The molecule has 14 heavy (non-hydrogen) atoms. The summed E-state index contributed by atoms with van der Waals surface area (Å²) in [6, 6.07) is 0.765. The third kappa shape index (κ3) is 3.95. The Bertz CT molecular complexity index is 141. The predicted molar refractivity (Wildman–Crippen MR) is 57.4 cm³/mol. The van der Waals surface area contributed by atoms with E-state index in [1.54, 1.807) is 0 Å². The topological polar surface area (TPSA) is 32.7 Å². The lowest BCUT2D eigenvalue weighted by Crippen LogP contribution is -2.41. The molecule has 0 aliphatic carbocycles. The molecular weight excluding hydrogens is 178 g/mol. The Kier molecular flexibility index (Phi) is 6.15. The van der Waals surface area contributed by atoms with Gasteiger partial charge in [-0.15, -0.1) is 0 Å². The van der Waals surface area contributed by atoms with E-state index in [9.17, 15) is 0 Å². The van der Waals surface area contributed by atoms with E-state index >= 15 is 0 Å². The van der Waals surface area contributed by atoms with Gasteiger partial charge in [0.2, 0.25) is 0 Å². The lowest BCUT2D eigenvalue weighted by Gasteiger charge is -2.34. The highest BCUT2D eigenvalue weighted by Crippen LogP contribution is 2.18. The van der Waals surface area contributed by atoms with Crippen molar-refractivity contribution < 1.29 is 9.84 Å². The van der Waals surface area contributed by atoms with E-state index in [1.165, 1.54) is 32.2 Å². The lowest BCUT2D eigenvalue weighted by molar-refractivity contribution is 0.0527. The Balaban J connectivity index is 2.13. The van der Waals surface area contributed by atoms with Crippen molar-refractivity contribution in [3.05, 3.63) is 0 Å². The number of rotatable bonds is 6. The fraction of sp³-hybridized carbons (Fsp3) is 1.00. The first-order chi connectivity index (χ1) is 6.88. The molecule has 84 valence electrons. The maximum Gasteiger partial charge on any atom is 0.0698 e. The minimum atomic E-state index is 0.136. The highest BCUT2D eigenvalue weighted by atomic mass is 16.5. The number of ether oxygens (including phenoxy) is 1. The third-order valence-electron chi connectivity index (χ3n) is 2.98. The standard InChI is InChI=1S/C11H23NO2/c1-2-11-5-3-4-6-12(11)7-9-14-10-8-13/h11,13H,2-10H2,1H3/t11-/m1/s1. The van der Waals surface area contributed by atoms with Gasteiger partial charge in [0.25, 0.3) is 0 Å². The van der Waals surface area contributed by atoms with Gasteiger partial charge in [0.15, 0.2) is 0 Å². The SMILES string of the molecule is CC[C@@H]1CCCCN1CCOCCO. The molecule has 0 radical (unpaired) electrons. The van der Waals surface area contributed by atoms with Gasteiger partial charge in [-0.25, -0.2) is 0 Å². The van der Waals surface area contributed by atoms with Crippen molar-refractivity contribution >= 4 is 0 Å². The Morgan fingerprint density at radius 3 is 2.93 bits per heavy atom. The minimum absolute atomic E-state index is 0.136. The molecule has 3 heteroatoms. The van der Waals surface area contributed by atoms with Gasteiger partial charge in [-0.05, 0) is 25.8 Å². The number of hydrogen-bond acceptors (Lipinski definition) is 3. The molecule has 0 unspecified atom stereocenters. The van der Waals surface area contributed by atoms with E-state index in [1.807, 2.05) is 0 Å². The number of aliphatic hydroxyl groups excluding tert-OH is 1. The normalized spacial score (nSPS) is 24.0. The summed E-state index contributed by atoms with van der Waals surface area (Å²) in [6.45, 7) is 5.88. The molecule has 1 heterocycles. The summed E-state index contributed by atoms with van der Waals surface area (Å²) in [5, 5.41) is 8.56. The number of nitrogens with zero attached hydrogens (tertiary/aromatic N) is 1. The van der Waals surface area contributed by atoms with E-state index in [2.05, 4.69) is 11.8 Å². The van der Waals surface area contributed by atoms with Crippen LogP contribution < -0.4 is 0 Å². The third-order valence-corrected chi connectivity index (χ3v) is 2.98. The molecule has 0 aromatic heterocycles. The van der Waals surface area contributed by atoms with Crippen LogP contribution in [-0.2, 0) is 4.74 Å². The Hall–Kier alpha value is -0.120. The summed E-state index contributed by atoms with van der Waals surface area (Å²) in [5.41, 5.74) is 0. The molecule has 0 aromatic carbocycles. The van der Waals surface area contributed by atoms with E-state index in [0.717, 1.165) is 19.2 Å². The van der Waals surface area contributed by atoms with Crippen LogP contribution in [0.1, 0.15) is 32.6 Å². The van der Waals surface area contributed by atoms with E-state index in [0.29, 0.717) is 6.61 Å². The Morgan fingerprint density at radius 1 is 1.36 bits per heavy atom. The summed E-state index contributed by atoms with van der Waals surface area (Å²) in [4.78, 5) is 2.53. The van der Waals surface area contributed by atoms with Gasteiger partial charge in [-0.2, -0.15) is 0 Å². The first kappa shape index (κ1) is 12.0. The summed E-state index contributed by atoms with van der Waals surface area (Å²) in [7, 11) is 0. The zero-order chi connectivity index (χ0) is 10.2. The van der Waals surface area contributed by atoms with Crippen LogP contribution in [0.5, 0.6) is 0 Å². The molecule has 1 aliphatic heterocycles. The zero-order valence-corrected chi connectivity index (χ0v) is 9.24. The van der Waals surface area contributed by atoms with Crippen molar-refractivity contribution in [2.75, 3.05) is 32.9 Å². The van der Waals surface area contributed by atoms with Gasteiger partial charge in [0.1, 0.15) is 0 Å². The second kappa shape index (κ2) is 7.21. The van der Waals surface area contributed by atoms with Gasteiger partial charge < -0.3 is 9.84 Å². The first-order valence-corrected chi connectivity index (χ1v) is 5.81. The fourth-order valence-corrected chi connectivity index (χ4v) is 2.17. The van der Waals surface area contributed by atoms with Gasteiger partial charge in [0.05, 0.1) is 19.8 Å². The van der Waals surface area contributed by atoms with Gasteiger partial charge in [0, 0.05) is 12.6 Å². The highest BCUT2D eigenvalue weighted by Gasteiger charge is 2.19. The number of hydrogen-bond donors (Lipinski definition) is 1. The molecule has 0 aromatic rings. The second-order valence-corrected chi connectivity index (χ2v) is 3.93. The molecule has 1 saturated heterocycles. The van der Waals surface area contributed by atoms with E-state index in [4.69, 9.17) is 9.84 Å². The average Bonchev–Trinajstić information content (AvgIpc) is 2.25. The van der Waals surface area contributed by atoms with E-state index in [-0.39, 0.29) is 6.61 Å². The van der Waals surface area contributed by atoms with Crippen LogP contribution in [0.2, 0.25) is 0 Å². The van der Waals surface area contributed by atoms with E-state index < -0.39 is 0 Å². The van der Waals surface area contributed by atoms with Crippen molar-refractivity contribution in [2.24, 2.45) is 0 Å². The van der Waals surface area contributed by atoms with Crippen LogP contribution in [0.25, 0.3) is 0 Å². The Labute approximate surface area is 87.1 Å². The van der Waals surface area contributed by atoms with Crippen LogP contribution in [0.3, 0.4) is 0 Å². The molecule has 1 rings (SSSR count). The van der Waals surface area contributed by atoms with Crippen molar-refractivity contribution in [1.82, 2.24) is 4.90 Å². The maximum absolute atomic E-state index is 8.56. The van der Waals surface area contributed by atoms with Crippen LogP contribution in [-0.4, -0.2) is 49.0 Å². The maximum atomic E-state index is 8.56. The Morgan fingerprint density at radius 2 is 2.21 bits per heavy atom. The van der Waals surface area contributed by atoms with Gasteiger partial charge >= 0.3 is 0 Å². The van der Waals surface area contributed by atoms with Crippen LogP contribution in [0.4, 0.5) is 0 Å². The molecule has 0 amide bonds. The fourth-order valence-electron chi connectivity index (χ4n) is 2.17. The summed E-state index contributed by atoms with van der Waals surface area (Å²) in [5.74, 6) is 0. The molecule has 0 spiro atoms. The quantitative estimate of drug-likeness (QED) is 0.657. The van der Waals surface area contributed by atoms with Crippen molar-refractivity contribution in [2.45, 2.75) is 38.6 Å². The second-order valence-electron chi connectivity index (χ2n) is 3.93. The molecule has 1 aliphatic rings. The summed E-state index contributed by atoms with van der Waals surface area (Å²) < 4.78 is 5.29. The zero-order valence-electron chi connectivity index (χ0n) is 9.24. The lowest BCUT2D eigenvalue weighted by atomic mass is 10.0. The monoisotopic (exact) mass is 201 g/mol. The summed E-state index contributed by atoms with van der Waals surface area (Å²) >= 11 is 0. The van der Waals surface area contributed by atoms with Crippen molar-refractivity contribution in [3.8, 4) is 0 Å². The predicted octanol–water partition coefficient (Wildman–Crippen LogP) is 1.26. The molecule has 1 atom stereocenters. The van der Waals surface area contributed by atoms with Crippen molar-refractivity contribution in [1.29, 1.82) is 0 Å².